The zero-order chi connectivity index (χ0) is 17.6. The van der Waals surface area contributed by atoms with E-state index in [9.17, 15) is 14.0 Å². The minimum Gasteiger partial charge on any atom is -0.444 e. The molecule has 0 spiro atoms. The summed E-state index contributed by atoms with van der Waals surface area (Å²) >= 11 is 0. The third-order valence-electron chi connectivity index (χ3n) is 3.01. The standard InChI is InChI=1S/C17H24FNO4/c1-11-6-7-12(8-14(11)18)15(20)9-13(10-22-5)19-16(21)23-17(2,3)4/h6-8,13H,9-10H2,1-5H3,(H,19,21). The fraction of sp³-hybridized carbons (Fsp3) is 0.529. The molecule has 0 aliphatic carbocycles. The molecule has 128 valence electrons. The maximum atomic E-state index is 13.6. The summed E-state index contributed by atoms with van der Waals surface area (Å²) in [4.78, 5) is 24.0. The fourth-order valence-electron chi connectivity index (χ4n) is 1.93. The Morgan fingerprint density at radius 1 is 1.30 bits per heavy atom. The van der Waals surface area contributed by atoms with Crippen molar-refractivity contribution >= 4 is 11.9 Å². The first kappa shape index (κ1) is 19.1. The van der Waals surface area contributed by atoms with Gasteiger partial charge < -0.3 is 14.8 Å². The molecule has 0 aromatic heterocycles. The Kier molecular flexibility index (Phi) is 6.69. The number of carbonyl (C=O) groups excluding carboxylic acids is 2. The number of benzene rings is 1. The zero-order valence-corrected chi connectivity index (χ0v) is 14.2. The summed E-state index contributed by atoms with van der Waals surface area (Å²) in [7, 11) is 1.47. The Morgan fingerprint density at radius 3 is 2.48 bits per heavy atom. The molecule has 1 rings (SSSR count). The average Bonchev–Trinajstić information content (AvgIpc) is 2.39. The summed E-state index contributed by atoms with van der Waals surface area (Å²) in [6.07, 6.45) is -0.627. The summed E-state index contributed by atoms with van der Waals surface area (Å²) in [5.41, 5.74) is 0.105. The van der Waals surface area contributed by atoms with E-state index in [0.29, 0.717) is 5.56 Å². The maximum Gasteiger partial charge on any atom is 0.407 e. The van der Waals surface area contributed by atoms with Crippen LogP contribution in [0.1, 0.15) is 43.1 Å². The molecule has 1 aromatic rings. The van der Waals surface area contributed by atoms with Gasteiger partial charge in [0.05, 0.1) is 12.6 Å². The number of amides is 1. The molecular weight excluding hydrogens is 301 g/mol. The van der Waals surface area contributed by atoms with E-state index in [1.54, 1.807) is 39.8 Å². The van der Waals surface area contributed by atoms with E-state index in [1.165, 1.54) is 13.2 Å². The Morgan fingerprint density at radius 2 is 1.96 bits per heavy atom. The minimum absolute atomic E-state index is 0.00438. The molecule has 0 aliphatic rings. The van der Waals surface area contributed by atoms with Crippen LogP contribution in [0.2, 0.25) is 0 Å². The molecule has 1 N–H and O–H groups in total. The van der Waals surface area contributed by atoms with Crippen LogP contribution in [0.25, 0.3) is 0 Å². The molecule has 5 nitrogen and oxygen atoms in total. The van der Waals surface area contributed by atoms with Gasteiger partial charge in [0, 0.05) is 19.1 Å². The van der Waals surface area contributed by atoms with Crippen molar-refractivity contribution in [3.63, 3.8) is 0 Å². The van der Waals surface area contributed by atoms with Crippen LogP contribution in [0.15, 0.2) is 18.2 Å². The number of Topliss-reactive ketones (excluding diaryl/α,β-unsaturated/α-hetero) is 1. The van der Waals surface area contributed by atoms with E-state index in [4.69, 9.17) is 9.47 Å². The van der Waals surface area contributed by atoms with Crippen LogP contribution < -0.4 is 5.32 Å². The molecule has 0 heterocycles. The van der Waals surface area contributed by atoms with Crippen LogP contribution in [0.4, 0.5) is 9.18 Å². The number of nitrogens with one attached hydrogen (secondary N) is 1. The largest absolute Gasteiger partial charge is 0.444 e. The number of aryl methyl sites for hydroxylation is 1. The highest BCUT2D eigenvalue weighted by Gasteiger charge is 2.22. The van der Waals surface area contributed by atoms with E-state index in [2.05, 4.69) is 5.32 Å². The first-order chi connectivity index (χ1) is 10.6. The maximum absolute atomic E-state index is 13.6. The number of ether oxygens (including phenoxy) is 2. The van der Waals surface area contributed by atoms with Gasteiger partial charge in [0.1, 0.15) is 11.4 Å². The predicted octanol–water partition coefficient (Wildman–Crippen LogP) is 3.25. The minimum atomic E-state index is -0.633. The van der Waals surface area contributed by atoms with Crippen molar-refractivity contribution in [2.24, 2.45) is 0 Å². The Hall–Kier alpha value is -1.95. The topological polar surface area (TPSA) is 64.6 Å². The number of methoxy groups -OCH3 is 1. The van der Waals surface area contributed by atoms with Gasteiger partial charge in [0.2, 0.25) is 0 Å². The number of rotatable bonds is 6. The van der Waals surface area contributed by atoms with Crippen molar-refractivity contribution in [3.05, 3.63) is 35.1 Å². The van der Waals surface area contributed by atoms with Crippen molar-refractivity contribution in [3.8, 4) is 0 Å². The van der Waals surface area contributed by atoms with Crippen molar-refractivity contribution in [1.29, 1.82) is 0 Å². The molecule has 6 heteroatoms. The molecule has 0 saturated carbocycles. The number of ketones is 1. The van der Waals surface area contributed by atoms with Crippen LogP contribution in [0.3, 0.4) is 0 Å². The molecule has 0 aliphatic heterocycles. The lowest BCUT2D eigenvalue weighted by Crippen LogP contribution is -2.42. The van der Waals surface area contributed by atoms with Gasteiger partial charge in [0.25, 0.3) is 0 Å². The van der Waals surface area contributed by atoms with Gasteiger partial charge in [-0.1, -0.05) is 12.1 Å². The first-order valence-electron chi connectivity index (χ1n) is 7.40. The van der Waals surface area contributed by atoms with Gasteiger partial charge in [-0.25, -0.2) is 9.18 Å². The molecule has 0 fully saturated rings. The van der Waals surface area contributed by atoms with Crippen molar-refractivity contribution in [2.75, 3.05) is 13.7 Å². The van der Waals surface area contributed by atoms with Crippen LogP contribution in [-0.2, 0) is 9.47 Å². The summed E-state index contributed by atoms with van der Waals surface area (Å²) in [6, 6.07) is 3.77. The quantitative estimate of drug-likeness (QED) is 0.816. The third-order valence-corrected chi connectivity index (χ3v) is 3.01. The van der Waals surface area contributed by atoms with Gasteiger partial charge in [-0.15, -0.1) is 0 Å². The zero-order valence-electron chi connectivity index (χ0n) is 14.2. The summed E-state index contributed by atoms with van der Waals surface area (Å²) in [6.45, 7) is 7.02. The molecule has 1 amide bonds. The average molecular weight is 325 g/mol. The molecule has 1 aromatic carbocycles. The highest BCUT2D eigenvalue weighted by molar-refractivity contribution is 5.96. The molecule has 23 heavy (non-hydrogen) atoms. The van der Waals surface area contributed by atoms with Crippen molar-refractivity contribution in [1.82, 2.24) is 5.32 Å². The normalized spacial score (nSPS) is 12.6. The Balaban J connectivity index is 2.72. The molecule has 0 saturated heterocycles. The highest BCUT2D eigenvalue weighted by Crippen LogP contribution is 2.13. The van der Waals surface area contributed by atoms with E-state index < -0.39 is 23.6 Å². The number of halogens is 1. The molecule has 0 bridgehead atoms. The predicted molar refractivity (Wildman–Crippen MR) is 85.1 cm³/mol. The summed E-state index contributed by atoms with van der Waals surface area (Å²) in [5, 5.41) is 2.60. The summed E-state index contributed by atoms with van der Waals surface area (Å²) in [5.74, 6) is -0.707. The van der Waals surface area contributed by atoms with Crippen LogP contribution in [-0.4, -0.2) is 37.2 Å². The number of hydrogen-bond acceptors (Lipinski definition) is 4. The SMILES string of the molecule is COCC(CC(=O)c1ccc(C)c(F)c1)NC(=O)OC(C)(C)C. The number of hydrogen-bond donors (Lipinski definition) is 1. The van der Waals surface area contributed by atoms with Crippen LogP contribution in [0.5, 0.6) is 0 Å². The monoisotopic (exact) mass is 325 g/mol. The second kappa shape index (κ2) is 8.06. The summed E-state index contributed by atoms with van der Waals surface area (Å²) < 4.78 is 23.7. The molecular formula is C17H24FNO4. The van der Waals surface area contributed by atoms with E-state index >= 15 is 0 Å². The number of alkyl carbamates (subject to hydrolysis) is 1. The van der Waals surface area contributed by atoms with Crippen LogP contribution >= 0.6 is 0 Å². The highest BCUT2D eigenvalue weighted by atomic mass is 19.1. The van der Waals surface area contributed by atoms with E-state index in [1.807, 2.05) is 0 Å². The Bertz CT molecular complexity index is 566. The smallest absolute Gasteiger partial charge is 0.407 e. The van der Waals surface area contributed by atoms with Gasteiger partial charge in [-0.3, -0.25) is 4.79 Å². The lowest BCUT2D eigenvalue weighted by atomic mass is 10.0. The van der Waals surface area contributed by atoms with Crippen molar-refractivity contribution in [2.45, 2.75) is 45.8 Å². The molecule has 0 radical (unpaired) electrons. The molecule has 1 atom stereocenters. The van der Waals surface area contributed by atoms with Gasteiger partial charge >= 0.3 is 6.09 Å². The molecule has 1 unspecified atom stereocenters. The lowest BCUT2D eigenvalue weighted by Gasteiger charge is -2.23. The first-order valence-corrected chi connectivity index (χ1v) is 7.40. The Labute approximate surface area is 136 Å². The van der Waals surface area contributed by atoms with Crippen LogP contribution in [0, 0.1) is 12.7 Å². The van der Waals surface area contributed by atoms with Gasteiger partial charge in [-0.05, 0) is 39.3 Å². The van der Waals surface area contributed by atoms with Crippen molar-refractivity contribution < 1.29 is 23.5 Å². The second-order valence-corrected chi connectivity index (χ2v) is 6.39. The second-order valence-electron chi connectivity index (χ2n) is 6.39. The van der Waals surface area contributed by atoms with Gasteiger partial charge in [0.15, 0.2) is 5.78 Å². The fourth-order valence-corrected chi connectivity index (χ4v) is 1.93. The van der Waals surface area contributed by atoms with E-state index in [0.717, 1.165) is 0 Å². The number of carbonyl (C=O) groups is 2. The van der Waals surface area contributed by atoms with E-state index in [-0.39, 0.29) is 24.4 Å². The third kappa shape index (κ3) is 6.78. The lowest BCUT2D eigenvalue weighted by molar-refractivity contribution is 0.0464. The van der Waals surface area contributed by atoms with Gasteiger partial charge in [-0.2, -0.15) is 0 Å².